The van der Waals surface area contributed by atoms with Crippen LogP contribution >= 0.6 is 0 Å². The molecule has 0 aliphatic heterocycles. The largest absolute Gasteiger partial charge is 0.103 e. The normalized spacial score (nSPS) is 13.3. The first-order valence-corrected chi connectivity index (χ1v) is 24.9. The van der Waals surface area contributed by atoms with Gasteiger partial charge in [-0.2, -0.15) is 0 Å². The third-order valence-electron chi connectivity index (χ3n) is 12.9. The molecule has 348 valence electrons. The summed E-state index contributed by atoms with van der Waals surface area (Å²) >= 11 is 0. The Labute approximate surface area is 420 Å². The van der Waals surface area contributed by atoms with Crippen LogP contribution in [0.3, 0.4) is 0 Å². The van der Waals surface area contributed by atoms with E-state index >= 15 is 0 Å². The predicted octanol–water partition coefficient (Wildman–Crippen LogP) is 19.3. The van der Waals surface area contributed by atoms with Crippen molar-refractivity contribution in [2.24, 2.45) is 5.41 Å². The molecule has 0 atom stereocenters. The van der Waals surface area contributed by atoms with E-state index in [0.29, 0.717) is 0 Å². The van der Waals surface area contributed by atoms with E-state index in [2.05, 4.69) is 270 Å². The summed E-state index contributed by atoms with van der Waals surface area (Å²) in [5.74, 6) is 0. The third kappa shape index (κ3) is 13.9. The lowest BCUT2D eigenvalue weighted by Crippen LogP contribution is -2.12. The van der Waals surface area contributed by atoms with Gasteiger partial charge in [-0.15, -0.1) is 19.7 Å². The number of unbranched alkanes of at least 4 members (excludes halogenated alkanes) is 1. The molecule has 3 aliphatic rings. The van der Waals surface area contributed by atoms with Crippen molar-refractivity contribution in [3.05, 3.63) is 341 Å². The molecular formula is C70H68. The summed E-state index contributed by atoms with van der Waals surface area (Å²) in [7, 11) is 0. The van der Waals surface area contributed by atoms with Crippen molar-refractivity contribution < 1.29 is 0 Å². The van der Waals surface area contributed by atoms with Crippen LogP contribution in [0.4, 0.5) is 0 Å². The van der Waals surface area contributed by atoms with Gasteiger partial charge in [-0.25, -0.2) is 0 Å². The van der Waals surface area contributed by atoms with E-state index in [-0.39, 0.29) is 5.41 Å². The van der Waals surface area contributed by atoms with Crippen molar-refractivity contribution >= 4 is 16.7 Å². The van der Waals surface area contributed by atoms with Crippen LogP contribution in [0.1, 0.15) is 92.2 Å². The Morgan fingerprint density at radius 1 is 0.357 bits per heavy atom. The lowest BCUT2D eigenvalue weighted by molar-refractivity contribution is 0.422. The molecule has 6 aromatic carbocycles. The standard InChI is InChI=1S/C25H26.C23H22.C22H20/c1-4-5-18-25(2,3)23-17-16-22(19-23)24(20-12-8-6-9-13-20)21-14-10-7-11-15-21;1-2-3-6-11-19-16-17-22(18-19)23(20-12-7-4-8-13-20)21-14-9-5-10-15-21;1-2-3-10-18-15-16-21(17-18)22(19-11-6-4-7-12-19)20-13-8-5-9-14-20/h4,6-17,19H,1,5,18H2,2-3H3;2,4-5,7-10,12-18H,1,3,6,11H2;2,4-9,11-17H,1,3,10H2. The summed E-state index contributed by atoms with van der Waals surface area (Å²) in [4.78, 5) is 0. The van der Waals surface area contributed by atoms with E-state index < -0.39 is 0 Å². The van der Waals surface area contributed by atoms with Crippen molar-refractivity contribution in [3.63, 3.8) is 0 Å². The second-order valence-corrected chi connectivity index (χ2v) is 18.4. The van der Waals surface area contributed by atoms with E-state index in [0.717, 1.165) is 38.5 Å². The molecule has 0 N–H and O–H groups in total. The average Bonchev–Trinajstić information content (AvgIpc) is 4.21. The molecule has 0 aromatic heterocycles. The van der Waals surface area contributed by atoms with Crippen molar-refractivity contribution in [3.8, 4) is 0 Å². The van der Waals surface area contributed by atoms with Gasteiger partial charge in [0.05, 0.1) is 0 Å². The second-order valence-electron chi connectivity index (χ2n) is 18.4. The number of hydrogen-bond donors (Lipinski definition) is 0. The molecule has 0 amide bonds. The molecule has 0 nitrogen and oxygen atoms in total. The van der Waals surface area contributed by atoms with Crippen LogP contribution in [0.2, 0.25) is 0 Å². The summed E-state index contributed by atoms with van der Waals surface area (Å²) in [6.07, 6.45) is 34.1. The number of rotatable bonds is 17. The average molecular weight is 909 g/mol. The maximum atomic E-state index is 3.87. The molecule has 0 spiro atoms. The van der Waals surface area contributed by atoms with E-state index in [1.165, 1.54) is 90.0 Å². The summed E-state index contributed by atoms with van der Waals surface area (Å²) < 4.78 is 0. The Morgan fingerprint density at radius 2 is 0.671 bits per heavy atom. The highest BCUT2D eigenvalue weighted by atomic mass is 14.3. The SMILES string of the molecule is C=CCCC(C)(C)C1=CC(=C(c2ccccc2)c2ccccc2)C=C1.C=CCCC1=CC(=C(c2ccccc2)c2ccccc2)C=C1.C=CCCCC1=CC(=C(c2ccccc2)c2ccccc2)C=C1. The fourth-order valence-electron chi connectivity index (χ4n) is 9.08. The van der Waals surface area contributed by atoms with Crippen molar-refractivity contribution in [1.82, 2.24) is 0 Å². The van der Waals surface area contributed by atoms with E-state index in [1.807, 2.05) is 18.2 Å². The molecule has 0 bridgehead atoms. The maximum Gasteiger partial charge on any atom is -0.00388 e. The molecule has 0 heterocycles. The van der Waals surface area contributed by atoms with Gasteiger partial charge in [0.15, 0.2) is 0 Å². The minimum Gasteiger partial charge on any atom is -0.103 e. The van der Waals surface area contributed by atoms with Gasteiger partial charge >= 0.3 is 0 Å². The topological polar surface area (TPSA) is 0 Å². The van der Waals surface area contributed by atoms with Gasteiger partial charge in [-0.3, -0.25) is 0 Å². The highest BCUT2D eigenvalue weighted by molar-refractivity contribution is 5.88. The summed E-state index contributed by atoms with van der Waals surface area (Å²) in [5, 5.41) is 0. The Bertz CT molecular complexity index is 2820. The quantitative estimate of drug-likeness (QED) is 0.0632. The lowest BCUT2D eigenvalue weighted by Gasteiger charge is -2.24. The summed E-state index contributed by atoms with van der Waals surface area (Å²) in [6.45, 7) is 16.1. The zero-order chi connectivity index (χ0) is 48.8. The first kappa shape index (κ1) is 50.1. The molecule has 0 radical (unpaired) electrons. The molecule has 0 unspecified atom stereocenters. The molecule has 0 fully saturated rings. The molecule has 0 saturated heterocycles. The van der Waals surface area contributed by atoms with Crippen LogP contribution in [0.15, 0.2) is 308 Å². The Kier molecular flexibility index (Phi) is 18.7. The Morgan fingerprint density at radius 3 is 1.01 bits per heavy atom. The molecule has 9 rings (SSSR count). The highest BCUT2D eigenvalue weighted by Crippen LogP contribution is 2.40. The molecule has 0 heteroatoms. The molecular weight excluding hydrogens is 841 g/mol. The first-order valence-electron chi connectivity index (χ1n) is 24.9. The monoisotopic (exact) mass is 909 g/mol. The summed E-state index contributed by atoms with van der Waals surface area (Å²) in [5.41, 5.74) is 19.7. The molecule has 6 aromatic rings. The zero-order valence-electron chi connectivity index (χ0n) is 41.3. The molecule has 70 heavy (non-hydrogen) atoms. The van der Waals surface area contributed by atoms with Gasteiger partial charge in [0, 0.05) is 0 Å². The van der Waals surface area contributed by atoms with Crippen LogP contribution < -0.4 is 0 Å². The first-order chi connectivity index (χ1) is 34.4. The minimum atomic E-state index is 0.158. The van der Waals surface area contributed by atoms with Crippen molar-refractivity contribution in [2.75, 3.05) is 0 Å². The number of hydrogen-bond acceptors (Lipinski definition) is 0. The lowest BCUT2D eigenvalue weighted by atomic mass is 9.80. The van der Waals surface area contributed by atoms with Gasteiger partial charge in [0.1, 0.15) is 0 Å². The van der Waals surface area contributed by atoms with Gasteiger partial charge < -0.3 is 0 Å². The van der Waals surface area contributed by atoms with E-state index in [9.17, 15) is 0 Å². The van der Waals surface area contributed by atoms with Crippen molar-refractivity contribution in [2.45, 2.75) is 58.8 Å². The van der Waals surface area contributed by atoms with Crippen LogP contribution in [-0.4, -0.2) is 0 Å². The maximum absolute atomic E-state index is 3.87. The van der Waals surface area contributed by atoms with Gasteiger partial charge in [-0.05, 0) is 134 Å². The fourth-order valence-corrected chi connectivity index (χ4v) is 9.08. The minimum absolute atomic E-state index is 0.158. The van der Waals surface area contributed by atoms with Crippen LogP contribution in [-0.2, 0) is 0 Å². The van der Waals surface area contributed by atoms with E-state index in [4.69, 9.17) is 0 Å². The predicted molar refractivity (Wildman–Crippen MR) is 305 cm³/mol. The van der Waals surface area contributed by atoms with Crippen LogP contribution in [0.25, 0.3) is 16.7 Å². The van der Waals surface area contributed by atoms with E-state index in [1.54, 1.807) is 0 Å². The van der Waals surface area contributed by atoms with Crippen LogP contribution in [0, 0.1) is 5.41 Å². The fraction of sp³-hybridized carbons (Fsp3) is 0.143. The van der Waals surface area contributed by atoms with Gasteiger partial charge in [-0.1, -0.05) is 269 Å². The molecule has 3 aliphatic carbocycles. The molecule has 0 saturated carbocycles. The smallest absolute Gasteiger partial charge is 0.00388 e. The highest BCUT2D eigenvalue weighted by Gasteiger charge is 2.24. The zero-order valence-corrected chi connectivity index (χ0v) is 41.3. The number of benzene rings is 6. The van der Waals surface area contributed by atoms with Crippen molar-refractivity contribution in [1.29, 1.82) is 0 Å². The van der Waals surface area contributed by atoms with Gasteiger partial charge in [0.2, 0.25) is 0 Å². The Hall–Kier alpha value is -7.80. The van der Waals surface area contributed by atoms with Crippen LogP contribution in [0.5, 0.6) is 0 Å². The third-order valence-corrected chi connectivity index (χ3v) is 12.9. The second kappa shape index (κ2) is 26.1. The number of allylic oxidation sites excluding steroid dienone is 18. The summed E-state index contributed by atoms with van der Waals surface area (Å²) in [6, 6.07) is 63.9. The van der Waals surface area contributed by atoms with Gasteiger partial charge in [0.25, 0.3) is 0 Å². The Balaban J connectivity index is 0.000000155.